The van der Waals surface area contributed by atoms with Crippen LogP contribution in [-0.2, 0) is 0 Å². The third-order valence-electron chi connectivity index (χ3n) is 12.8. The van der Waals surface area contributed by atoms with E-state index >= 15 is 0 Å². The van der Waals surface area contributed by atoms with Crippen LogP contribution in [0.3, 0.4) is 0 Å². The molecule has 0 radical (unpaired) electrons. The van der Waals surface area contributed by atoms with Gasteiger partial charge in [-0.3, -0.25) is 30.2 Å². The van der Waals surface area contributed by atoms with Crippen molar-refractivity contribution < 1.29 is 9.59 Å². The Hall–Kier alpha value is -8.02. The molecule has 18 nitrogen and oxygen atoms in total. The maximum Gasteiger partial charge on any atom is 0.321 e. The van der Waals surface area contributed by atoms with E-state index in [9.17, 15) is 19.2 Å². The standard InChI is InChI=1S/C41H57N11O4.C17H21N3/c1-6-10-12-29(8-3)34-26-36(53)46-38(44-34)48-40(55)42-22-24-52(33-20-18-32(19-21-33)51-50-31-16-14-28(5)15-17-31)25-23-43-41(56)49-39-45-35(27-37(54)47-39)30(9-4)13-11-7-2;1-4-20(5-2)17-12-10-16(11-13-17)19-18-15-8-6-14(3)7-9-15/h14-21,26-27,29-30H,6-13,22-25H2,1-5H3,(H3,42,44,46,48,53,55)(H3,43,45,47,49,54,56);6-13H,4-5H2,1-3H3. The molecule has 0 bridgehead atoms. The van der Waals surface area contributed by atoms with E-state index in [4.69, 9.17) is 0 Å². The maximum atomic E-state index is 12.9. The van der Waals surface area contributed by atoms with Crippen molar-refractivity contribution in [1.29, 1.82) is 0 Å². The average molecular weight is 1040 g/mol. The van der Waals surface area contributed by atoms with E-state index in [1.807, 2.05) is 96.8 Å². The number of anilines is 4. The molecule has 0 aliphatic heterocycles. The number of azo groups is 2. The highest BCUT2D eigenvalue weighted by Gasteiger charge is 2.17. The Bertz CT molecular complexity index is 2770. The second kappa shape index (κ2) is 31.7. The van der Waals surface area contributed by atoms with Gasteiger partial charge in [0.1, 0.15) is 0 Å². The molecule has 0 aliphatic carbocycles. The first-order valence-electron chi connectivity index (χ1n) is 26.8. The summed E-state index contributed by atoms with van der Waals surface area (Å²) in [5, 5.41) is 28.2. The summed E-state index contributed by atoms with van der Waals surface area (Å²) in [5.74, 6) is 0.450. The lowest BCUT2D eigenvalue weighted by Crippen LogP contribution is -2.41. The summed E-state index contributed by atoms with van der Waals surface area (Å²) in [6.45, 7) is 20.0. The number of aromatic nitrogens is 4. The van der Waals surface area contributed by atoms with Crippen LogP contribution in [0.5, 0.6) is 0 Å². The predicted molar refractivity (Wildman–Crippen MR) is 308 cm³/mol. The Morgan fingerprint density at radius 1 is 0.513 bits per heavy atom. The van der Waals surface area contributed by atoms with Crippen LogP contribution in [0.15, 0.2) is 139 Å². The summed E-state index contributed by atoms with van der Waals surface area (Å²) in [6.07, 6.45) is 7.66. The quantitative estimate of drug-likeness (QED) is 0.0286. The molecular weight excluding hydrogens is 957 g/mol. The number of amides is 4. The molecule has 2 atom stereocenters. The first kappa shape index (κ1) is 58.9. The molecular formula is C58H78N14O4. The van der Waals surface area contributed by atoms with Gasteiger partial charge in [-0.25, -0.2) is 19.6 Å². The van der Waals surface area contributed by atoms with E-state index in [2.05, 4.69) is 127 Å². The number of aryl methyl sites for hydroxylation is 2. The minimum atomic E-state index is -0.514. The summed E-state index contributed by atoms with van der Waals surface area (Å²) in [5.41, 5.74) is 8.27. The number of benzene rings is 4. The van der Waals surface area contributed by atoms with Crippen molar-refractivity contribution in [2.24, 2.45) is 20.5 Å². The number of rotatable bonds is 26. The Balaban J connectivity index is 0.000000443. The number of carbonyl (C=O) groups is 2. The highest BCUT2D eigenvalue weighted by Crippen LogP contribution is 2.27. The van der Waals surface area contributed by atoms with E-state index < -0.39 is 12.1 Å². The SMILES string of the molecule is CCCCC(CC)c1cc(=O)[nH]c(NC(=O)NCCN(CCNC(=O)Nc2nc(C(CC)CCCC)cc(=O)[nH]2)c2ccc(N=Nc3ccc(C)cc3)cc2)n1.CCN(CC)c1ccc(N=Nc2ccc(C)cc2)cc1. The number of nitrogens with zero attached hydrogens (tertiary/aromatic N) is 8. The van der Waals surface area contributed by atoms with Gasteiger partial charge in [-0.1, -0.05) is 88.8 Å². The van der Waals surface area contributed by atoms with Crippen LogP contribution < -0.4 is 42.2 Å². The van der Waals surface area contributed by atoms with Crippen molar-refractivity contribution in [3.8, 4) is 0 Å². The van der Waals surface area contributed by atoms with Crippen molar-refractivity contribution >= 4 is 58.1 Å². The smallest absolute Gasteiger partial charge is 0.321 e. The molecule has 0 aliphatic rings. The van der Waals surface area contributed by atoms with Gasteiger partial charge in [0.25, 0.3) is 11.1 Å². The van der Waals surface area contributed by atoms with Crippen LogP contribution in [0.2, 0.25) is 0 Å². The van der Waals surface area contributed by atoms with Crippen molar-refractivity contribution in [2.75, 3.05) is 59.7 Å². The van der Waals surface area contributed by atoms with Crippen LogP contribution >= 0.6 is 0 Å². The number of unbranched alkanes of at least 4 members (excludes halogenated alkanes) is 2. The van der Waals surface area contributed by atoms with Crippen LogP contribution in [0.1, 0.15) is 127 Å². The fraction of sp³-hybridized carbons (Fsp3) is 0.414. The Morgan fingerprint density at radius 2 is 0.855 bits per heavy atom. The van der Waals surface area contributed by atoms with E-state index in [1.54, 1.807) is 0 Å². The fourth-order valence-electron chi connectivity index (χ4n) is 8.30. The normalized spacial score (nSPS) is 11.9. The zero-order chi connectivity index (χ0) is 54.7. The van der Waals surface area contributed by atoms with Crippen LogP contribution in [0.25, 0.3) is 0 Å². The Morgan fingerprint density at radius 3 is 1.18 bits per heavy atom. The molecule has 2 aromatic heterocycles. The van der Waals surface area contributed by atoms with Gasteiger partial charge in [0.15, 0.2) is 0 Å². The molecule has 6 rings (SSSR count). The molecule has 0 spiro atoms. The molecule has 404 valence electrons. The first-order chi connectivity index (χ1) is 36.8. The third-order valence-corrected chi connectivity index (χ3v) is 12.8. The molecule has 6 aromatic rings. The molecule has 6 N–H and O–H groups in total. The largest absolute Gasteiger partial charge is 0.372 e. The molecule has 0 saturated carbocycles. The van der Waals surface area contributed by atoms with Gasteiger partial charge in [0, 0.05) is 74.6 Å². The number of nitrogens with one attached hydrogen (secondary N) is 6. The van der Waals surface area contributed by atoms with E-state index in [0.29, 0.717) is 30.2 Å². The number of hydrogen-bond acceptors (Lipinski definition) is 12. The minimum absolute atomic E-state index is 0.0925. The summed E-state index contributed by atoms with van der Waals surface area (Å²) < 4.78 is 0. The van der Waals surface area contributed by atoms with Gasteiger partial charge in [-0.15, -0.1) is 0 Å². The first-order valence-corrected chi connectivity index (χ1v) is 26.8. The second-order valence-corrected chi connectivity index (χ2v) is 18.6. The lowest BCUT2D eigenvalue weighted by atomic mass is 9.96. The zero-order valence-corrected chi connectivity index (χ0v) is 45.7. The van der Waals surface area contributed by atoms with Crippen molar-refractivity contribution in [3.63, 3.8) is 0 Å². The molecule has 76 heavy (non-hydrogen) atoms. The van der Waals surface area contributed by atoms with Crippen LogP contribution in [0.4, 0.5) is 55.6 Å². The number of aromatic amines is 2. The van der Waals surface area contributed by atoms with Gasteiger partial charge in [-0.2, -0.15) is 20.5 Å². The summed E-state index contributed by atoms with van der Waals surface area (Å²) >= 11 is 0. The van der Waals surface area contributed by atoms with Gasteiger partial charge >= 0.3 is 12.1 Å². The highest BCUT2D eigenvalue weighted by molar-refractivity contribution is 5.87. The van der Waals surface area contributed by atoms with Gasteiger partial charge in [0.05, 0.1) is 34.1 Å². The summed E-state index contributed by atoms with van der Waals surface area (Å²) in [7, 11) is 0. The molecule has 18 heteroatoms. The van der Waals surface area contributed by atoms with Crippen molar-refractivity contribution in [1.82, 2.24) is 30.6 Å². The minimum Gasteiger partial charge on any atom is -0.372 e. The molecule has 2 unspecified atom stereocenters. The summed E-state index contributed by atoms with van der Waals surface area (Å²) in [6, 6.07) is 33.4. The number of carbonyl (C=O) groups excluding carboxylic acids is 2. The highest BCUT2D eigenvalue weighted by atomic mass is 16.2. The number of urea groups is 2. The van der Waals surface area contributed by atoms with E-state index in [-0.39, 0.29) is 47.9 Å². The number of H-pyrrole nitrogens is 2. The van der Waals surface area contributed by atoms with Gasteiger partial charge in [-0.05, 0) is 126 Å². The lowest BCUT2D eigenvalue weighted by Gasteiger charge is -2.25. The van der Waals surface area contributed by atoms with Crippen molar-refractivity contribution in [2.45, 2.75) is 119 Å². The predicted octanol–water partition coefficient (Wildman–Crippen LogP) is 13.7. The molecule has 0 fully saturated rings. The van der Waals surface area contributed by atoms with Crippen LogP contribution in [-0.4, -0.2) is 71.3 Å². The van der Waals surface area contributed by atoms with E-state index in [0.717, 1.165) is 92.8 Å². The van der Waals surface area contributed by atoms with Crippen molar-refractivity contribution in [3.05, 3.63) is 152 Å². The molecule has 0 saturated heterocycles. The zero-order valence-electron chi connectivity index (χ0n) is 45.7. The lowest BCUT2D eigenvalue weighted by molar-refractivity contribution is 0.251. The average Bonchev–Trinajstić information content (AvgIpc) is 3.41. The van der Waals surface area contributed by atoms with Gasteiger partial charge < -0.3 is 20.4 Å². The van der Waals surface area contributed by atoms with Gasteiger partial charge in [0.2, 0.25) is 11.9 Å². The number of hydrogen-bond donors (Lipinski definition) is 6. The second-order valence-electron chi connectivity index (χ2n) is 18.6. The maximum absolute atomic E-state index is 12.9. The fourth-order valence-corrected chi connectivity index (χ4v) is 8.30. The van der Waals surface area contributed by atoms with Crippen LogP contribution in [0, 0.1) is 13.8 Å². The molecule has 2 heterocycles. The topological polar surface area (TPSA) is 230 Å². The Kier molecular flexibility index (Phi) is 24.5. The Labute approximate surface area is 447 Å². The monoisotopic (exact) mass is 1030 g/mol. The summed E-state index contributed by atoms with van der Waals surface area (Å²) in [4.78, 5) is 69.3. The molecule has 4 amide bonds. The van der Waals surface area contributed by atoms with E-state index in [1.165, 1.54) is 23.4 Å². The third kappa shape index (κ3) is 20.0. The molecule has 4 aromatic carbocycles.